The lowest BCUT2D eigenvalue weighted by Crippen LogP contribution is -2.63. The average Bonchev–Trinajstić information content (AvgIpc) is 3.08. The van der Waals surface area contributed by atoms with Crippen molar-refractivity contribution in [1.29, 1.82) is 5.26 Å². The van der Waals surface area contributed by atoms with Gasteiger partial charge in [0.15, 0.2) is 5.82 Å². The Bertz CT molecular complexity index is 990. The Morgan fingerprint density at radius 3 is 2.56 bits per heavy atom. The van der Waals surface area contributed by atoms with Gasteiger partial charge < -0.3 is 9.67 Å². The number of nitriles is 1. The zero-order valence-corrected chi connectivity index (χ0v) is 14.9. The predicted molar refractivity (Wildman–Crippen MR) is 87.4 cm³/mol. The molecule has 1 aliphatic heterocycles. The molecule has 3 heterocycles. The molecule has 3 saturated carbocycles. The van der Waals surface area contributed by atoms with Crippen LogP contribution in [0.2, 0.25) is 0 Å². The van der Waals surface area contributed by atoms with E-state index in [0.29, 0.717) is 17.9 Å². The minimum absolute atomic E-state index is 0.0611. The Hall–Kier alpha value is -2.34. The molecule has 2 bridgehead atoms. The van der Waals surface area contributed by atoms with Gasteiger partial charge in [0.05, 0.1) is 47.3 Å². The molecule has 0 unspecified atom stereocenters. The predicted octanol–water partition coefficient (Wildman–Crippen LogP) is 3.04. The van der Waals surface area contributed by atoms with Gasteiger partial charge in [-0.3, -0.25) is 4.68 Å². The summed E-state index contributed by atoms with van der Waals surface area (Å²) in [6.07, 6.45) is -1.04. The van der Waals surface area contributed by atoms with Crippen LogP contribution in [0, 0.1) is 16.7 Å². The highest BCUT2D eigenvalue weighted by Crippen LogP contribution is 2.73. The Morgan fingerprint density at radius 2 is 1.96 bits per heavy atom. The van der Waals surface area contributed by atoms with Crippen LogP contribution in [0.4, 0.5) is 13.2 Å². The fourth-order valence-corrected chi connectivity index (χ4v) is 5.01. The molecule has 2 aromatic rings. The highest BCUT2D eigenvalue weighted by atomic mass is 19.4. The lowest BCUT2D eigenvalue weighted by atomic mass is 9.35. The first kappa shape index (κ1) is 16.8. The molecule has 0 saturated heterocycles. The Morgan fingerprint density at radius 1 is 1.30 bits per heavy atom. The molecule has 3 aliphatic carbocycles. The van der Waals surface area contributed by atoms with Gasteiger partial charge in [-0.1, -0.05) is 0 Å². The molecule has 0 radical (unpaired) electrons. The number of nitrogens with zero attached hydrogens (tertiary/aromatic N) is 5. The molecule has 0 amide bonds. The van der Waals surface area contributed by atoms with Crippen LogP contribution in [0.1, 0.15) is 50.7 Å². The van der Waals surface area contributed by atoms with E-state index >= 15 is 0 Å². The Balaban J connectivity index is 1.57. The quantitative estimate of drug-likeness (QED) is 0.872. The van der Waals surface area contributed by atoms with Crippen LogP contribution in [0.15, 0.2) is 12.3 Å². The van der Waals surface area contributed by atoms with Crippen molar-refractivity contribution < 1.29 is 18.3 Å². The molecular weight excluding hydrogens is 359 g/mol. The molecule has 0 aromatic carbocycles. The van der Waals surface area contributed by atoms with E-state index in [4.69, 9.17) is 5.10 Å². The van der Waals surface area contributed by atoms with E-state index in [9.17, 15) is 23.5 Å². The molecule has 0 spiro atoms. The molecule has 142 valence electrons. The van der Waals surface area contributed by atoms with Crippen LogP contribution in [0.5, 0.6) is 0 Å². The first-order chi connectivity index (χ1) is 12.5. The van der Waals surface area contributed by atoms with E-state index in [2.05, 4.69) is 11.1 Å². The summed E-state index contributed by atoms with van der Waals surface area (Å²) < 4.78 is 43.3. The first-order valence-electron chi connectivity index (χ1n) is 8.89. The molecule has 2 atom stereocenters. The third kappa shape index (κ3) is 1.89. The lowest BCUT2D eigenvalue weighted by Gasteiger charge is -2.66. The van der Waals surface area contributed by atoms with Gasteiger partial charge in [0.1, 0.15) is 0 Å². The first-order valence-corrected chi connectivity index (χ1v) is 8.89. The average molecular weight is 377 g/mol. The van der Waals surface area contributed by atoms with Crippen LogP contribution in [-0.2, 0) is 17.6 Å². The summed E-state index contributed by atoms with van der Waals surface area (Å²) in [5.74, 6) is -0.402. The maximum atomic E-state index is 13.3. The van der Waals surface area contributed by atoms with Crippen LogP contribution in [0.3, 0.4) is 0 Å². The van der Waals surface area contributed by atoms with Crippen LogP contribution < -0.4 is 0 Å². The number of hydrogen-bond acceptors (Lipinski definition) is 4. The molecule has 6 nitrogen and oxygen atoms in total. The maximum Gasteiger partial charge on any atom is 0.424 e. The van der Waals surface area contributed by atoms with Gasteiger partial charge in [0, 0.05) is 5.41 Å². The van der Waals surface area contributed by atoms with Crippen molar-refractivity contribution >= 4 is 0 Å². The number of halogens is 3. The van der Waals surface area contributed by atoms with Crippen molar-refractivity contribution in [2.24, 2.45) is 5.41 Å². The number of hydrogen-bond donors (Lipinski definition) is 1. The van der Waals surface area contributed by atoms with Crippen molar-refractivity contribution in [3.05, 3.63) is 23.8 Å². The fourth-order valence-electron chi connectivity index (χ4n) is 5.01. The summed E-state index contributed by atoms with van der Waals surface area (Å²) in [5.41, 5.74) is -1.16. The van der Waals surface area contributed by atoms with Gasteiger partial charge in [-0.15, -0.1) is 0 Å². The van der Waals surface area contributed by atoms with Crippen LogP contribution >= 0.6 is 0 Å². The number of fused-ring (bicyclic) bond motifs is 3. The van der Waals surface area contributed by atoms with Crippen molar-refractivity contribution in [1.82, 2.24) is 19.3 Å². The third-order valence-electron chi connectivity index (χ3n) is 6.52. The molecular formula is C18H18F3N5O. The molecule has 6 rings (SSSR count). The van der Waals surface area contributed by atoms with E-state index in [1.165, 1.54) is 10.8 Å². The number of rotatable bonds is 2. The van der Waals surface area contributed by atoms with Gasteiger partial charge in [-0.25, -0.2) is 4.98 Å². The van der Waals surface area contributed by atoms with Crippen molar-refractivity contribution in [2.75, 3.05) is 0 Å². The Labute approximate surface area is 153 Å². The normalized spacial score (nSPS) is 33.1. The summed E-state index contributed by atoms with van der Waals surface area (Å²) in [4.78, 5) is 3.93. The lowest BCUT2D eigenvalue weighted by molar-refractivity contribution is -0.262. The SMILES string of the molecule is C[C@H]1Cn2nc(C34CC(C#N)(C3)C4)cc2-c2cnc([C@@](C)(O)C(F)(F)F)n21. The summed E-state index contributed by atoms with van der Waals surface area (Å²) in [6, 6.07) is 3.95. The van der Waals surface area contributed by atoms with E-state index < -0.39 is 17.6 Å². The second-order valence-electron chi connectivity index (χ2n) is 8.56. The second kappa shape index (κ2) is 4.55. The van der Waals surface area contributed by atoms with Crippen LogP contribution in [-0.4, -0.2) is 30.6 Å². The molecule has 1 N–H and O–H groups in total. The van der Waals surface area contributed by atoms with E-state index in [1.54, 1.807) is 6.92 Å². The van der Waals surface area contributed by atoms with Gasteiger partial charge in [-0.2, -0.15) is 23.5 Å². The minimum atomic E-state index is -4.82. The standard InChI is InChI=1S/C18H18F3N5O/c1-10-5-25-11(3-13(24-25)17-6-16(7-17,8-17)9-22)12-4-23-14(26(10)12)15(2,27)18(19,20)21/h3-4,10,27H,5-8H2,1-2H3/t10-,15+,16?,17?/m0/s1. The number of aliphatic hydroxyl groups is 1. The van der Waals surface area contributed by atoms with Gasteiger partial charge in [-0.05, 0) is 39.2 Å². The van der Waals surface area contributed by atoms with E-state index in [1.807, 2.05) is 10.7 Å². The smallest absolute Gasteiger partial charge is 0.374 e. The summed E-state index contributed by atoms with van der Waals surface area (Å²) in [5, 5.41) is 24.0. The van der Waals surface area contributed by atoms with E-state index in [0.717, 1.165) is 31.9 Å². The summed E-state index contributed by atoms with van der Waals surface area (Å²) in [6.45, 7) is 2.92. The molecule has 2 aromatic heterocycles. The van der Waals surface area contributed by atoms with E-state index in [-0.39, 0.29) is 16.9 Å². The molecule has 27 heavy (non-hydrogen) atoms. The van der Waals surface area contributed by atoms with Crippen molar-refractivity contribution in [3.63, 3.8) is 0 Å². The summed E-state index contributed by atoms with van der Waals surface area (Å²) >= 11 is 0. The molecule has 9 heteroatoms. The zero-order valence-electron chi connectivity index (χ0n) is 14.9. The highest BCUT2D eigenvalue weighted by molar-refractivity contribution is 5.59. The zero-order chi connectivity index (χ0) is 19.4. The molecule has 3 fully saturated rings. The topological polar surface area (TPSA) is 79.7 Å². The van der Waals surface area contributed by atoms with Crippen molar-refractivity contribution in [2.45, 2.75) is 62.9 Å². The molecule has 4 aliphatic rings. The third-order valence-corrected chi connectivity index (χ3v) is 6.52. The second-order valence-corrected chi connectivity index (χ2v) is 8.56. The highest BCUT2D eigenvalue weighted by Gasteiger charge is 2.70. The van der Waals surface area contributed by atoms with Crippen LogP contribution in [0.25, 0.3) is 11.4 Å². The fraction of sp³-hybridized carbons (Fsp3) is 0.611. The number of imidazole rings is 1. The van der Waals surface area contributed by atoms with Crippen molar-refractivity contribution in [3.8, 4) is 17.5 Å². The van der Waals surface area contributed by atoms with Gasteiger partial charge in [0.2, 0.25) is 5.60 Å². The maximum absolute atomic E-state index is 13.3. The minimum Gasteiger partial charge on any atom is -0.374 e. The van der Waals surface area contributed by atoms with Gasteiger partial charge in [0.25, 0.3) is 0 Å². The number of alkyl halides is 3. The Kier molecular flexibility index (Phi) is 2.83. The van der Waals surface area contributed by atoms with Gasteiger partial charge >= 0.3 is 6.18 Å². The largest absolute Gasteiger partial charge is 0.424 e. The summed E-state index contributed by atoms with van der Waals surface area (Å²) in [7, 11) is 0. The number of aromatic nitrogens is 4. The monoisotopic (exact) mass is 377 g/mol.